The lowest BCUT2D eigenvalue weighted by atomic mass is 10.1. The quantitative estimate of drug-likeness (QED) is 0.495. The molecular weight excluding hydrogens is 336 g/mol. The Bertz CT molecular complexity index is 703. The fraction of sp³-hybridized carbons (Fsp3) is 0.222. The summed E-state index contributed by atoms with van der Waals surface area (Å²) in [5.74, 6) is -0.299. The number of nitrogens with zero attached hydrogens (tertiary/aromatic N) is 2. The zero-order valence-corrected chi connectivity index (χ0v) is 14.3. The van der Waals surface area contributed by atoms with Gasteiger partial charge in [-0.25, -0.2) is 10.1 Å². The molecule has 8 heteroatoms. The summed E-state index contributed by atoms with van der Waals surface area (Å²) in [5, 5.41) is 17.5. The number of ether oxygens (including phenoxy) is 1. The third-order valence-corrected chi connectivity index (χ3v) is 3.39. The topological polar surface area (TPSA) is 106 Å². The van der Waals surface area contributed by atoms with Gasteiger partial charge < -0.3 is 15.4 Å². The molecular formula is C18H20N4O4. The second-order valence-corrected chi connectivity index (χ2v) is 5.41. The van der Waals surface area contributed by atoms with E-state index >= 15 is 0 Å². The van der Waals surface area contributed by atoms with E-state index in [0.29, 0.717) is 13.1 Å². The molecule has 0 atom stereocenters. The summed E-state index contributed by atoms with van der Waals surface area (Å²) in [6.45, 7) is 1.94. The number of esters is 1. The third kappa shape index (κ3) is 6.60. The molecule has 2 N–H and O–H groups in total. The number of benzene rings is 2. The first kappa shape index (κ1) is 18.9. The molecule has 26 heavy (non-hydrogen) atoms. The second-order valence-electron chi connectivity index (χ2n) is 5.41. The minimum atomic E-state index is -0.804. The van der Waals surface area contributed by atoms with Crippen molar-refractivity contribution in [2.75, 3.05) is 13.1 Å². The first-order valence-corrected chi connectivity index (χ1v) is 8.03. The van der Waals surface area contributed by atoms with Gasteiger partial charge in [-0.15, -0.1) is 0 Å². The summed E-state index contributed by atoms with van der Waals surface area (Å²) in [6.07, 6.45) is -0.321. The van der Waals surface area contributed by atoms with Gasteiger partial charge >= 0.3 is 5.97 Å². The van der Waals surface area contributed by atoms with Crippen molar-refractivity contribution in [1.29, 1.82) is 0 Å². The molecule has 0 radical (unpaired) electrons. The van der Waals surface area contributed by atoms with Crippen LogP contribution in [0.1, 0.15) is 6.92 Å². The largest absolute Gasteiger partial charge is 0.459 e. The van der Waals surface area contributed by atoms with Crippen LogP contribution in [0.4, 0.5) is 0 Å². The van der Waals surface area contributed by atoms with Crippen molar-refractivity contribution in [1.82, 2.24) is 10.6 Å². The van der Waals surface area contributed by atoms with Gasteiger partial charge in [-0.1, -0.05) is 60.7 Å². The van der Waals surface area contributed by atoms with Crippen LogP contribution in [0.3, 0.4) is 0 Å². The van der Waals surface area contributed by atoms with E-state index in [1.165, 1.54) is 18.1 Å². The van der Waals surface area contributed by atoms with Crippen molar-refractivity contribution in [3.63, 3.8) is 0 Å². The number of hydrazone groups is 1. The number of hydrogen-bond donors (Lipinski definition) is 2. The van der Waals surface area contributed by atoms with Crippen LogP contribution in [0.25, 0.3) is 11.1 Å². The van der Waals surface area contributed by atoms with E-state index in [9.17, 15) is 14.9 Å². The Kier molecular flexibility index (Phi) is 7.11. The molecule has 136 valence electrons. The molecule has 2 aromatic carbocycles. The van der Waals surface area contributed by atoms with Crippen LogP contribution in [0.15, 0.2) is 65.8 Å². The van der Waals surface area contributed by atoms with Crippen LogP contribution in [-0.2, 0) is 9.53 Å². The Hall–Kier alpha value is -3.42. The highest BCUT2D eigenvalue weighted by molar-refractivity contribution is 5.80. The highest BCUT2D eigenvalue weighted by Gasteiger charge is 2.20. The van der Waals surface area contributed by atoms with Crippen LogP contribution < -0.4 is 10.6 Å². The Morgan fingerprint density at radius 1 is 1.04 bits per heavy atom. The highest BCUT2D eigenvalue weighted by atomic mass is 16.7. The molecule has 2 aromatic rings. The average molecular weight is 356 g/mol. The molecule has 1 heterocycles. The predicted octanol–water partition coefficient (Wildman–Crippen LogP) is 2.01. The zero-order valence-electron chi connectivity index (χ0n) is 14.3. The van der Waals surface area contributed by atoms with Crippen molar-refractivity contribution in [2.24, 2.45) is 5.10 Å². The molecule has 0 amide bonds. The van der Waals surface area contributed by atoms with Crippen molar-refractivity contribution >= 4 is 11.9 Å². The molecule has 0 unspecified atom stereocenters. The summed E-state index contributed by atoms with van der Waals surface area (Å²) in [4.78, 5) is 20.5. The Labute approximate surface area is 151 Å². The van der Waals surface area contributed by atoms with Crippen molar-refractivity contribution < 1.29 is 14.6 Å². The van der Waals surface area contributed by atoms with Crippen molar-refractivity contribution in [3.05, 3.63) is 70.8 Å². The fourth-order valence-corrected chi connectivity index (χ4v) is 2.29. The lowest BCUT2D eigenvalue weighted by Gasteiger charge is -2.23. The van der Waals surface area contributed by atoms with E-state index in [4.69, 9.17) is 4.74 Å². The number of guanidine groups is 1. The van der Waals surface area contributed by atoms with Crippen LogP contribution in [0.2, 0.25) is 0 Å². The van der Waals surface area contributed by atoms with Gasteiger partial charge in [0, 0.05) is 6.92 Å². The molecule has 1 saturated heterocycles. The number of nitrogens with one attached hydrogen (secondary N) is 2. The summed E-state index contributed by atoms with van der Waals surface area (Å²) < 4.78 is 4.86. The summed E-state index contributed by atoms with van der Waals surface area (Å²) in [6, 6.07) is 20.8. The van der Waals surface area contributed by atoms with E-state index in [1.807, 2.05) is 12.1 Å². The molecule has 0 saturated carbocycles. The molecule has 0 bridgehead atoms. The van der Waals surface area contributed by atoms with Crippen LogP contribution in [0.5, 0.6) is 0 Å². The normalized spacial score (nSPS) is 15.4. The molecule has 0 aromatic heterocycles. The first-order valence-electron chi connectivity index (χ1n) is 8.03. The number of carbonyl (C=O) groups excluding carboxylic acids is 1. The molecule has 8 nitrogen and oxygen atoms in total. The van der Waals surface area contributed by atoms with Gasteiger partial charge in [-0.2, -0.15) is 0 Å². The number of hydrogen-bond acceptors (Lipinski definition) is 4. The molecule has 1 aliphatic rings. The number of nitro groups is 1. The number of rotatable bonds is 3. The summed E-state index contributed by atoms with van der Waals surface area (Å²) in [7, 11) is 0. The zero-order chi connectivity index (χ0) is 18.8. The van der Waals surface area contributed by atoms with E-state index in [-0.39, 0.29) is 18.0 Å². The third-order valence-electron chi connectivity index (χ3n) is 3.39. The van der Waals surface area contributed by atoms with E-state index in [1.54, 1.807) is 0 Å². The number of carbonyl (C=O) groups is 1. The van der Waals surface area contributed by atoms with Gasteiger partial charge in [0.2, 0.25) is 0 Å². The lowest BCUT2D eigenvalue weighted by molar-refractivity contribution is -0.485. The van der Waals surface area contributed by atoms with E-state index in [0.717, 1.165) is 0 Å². The smallest absolute Gasteiger partial charge is 0.303 e. The Balaban J connectivity index is 0.000000189. The van der Waals surface area contributed by atoms with Crippen LogP contribution in [0, 0.1) is 10.1 Å². The summed E-state index contributed by atoms with van der Waals surface area (Å²) in [5.41, 5.74) is 2.55. The minimum Gasteiger partial charge on any atom is -0.459 e. The summed E-state index contributed by atoms with van der Waals surface area (Å²) >= 11 is 0. The molecule has 0 aliphatic carbocycles. The van der Waals surface area contributed by atoms with Gasteiger partial charge in [0.05, 0.1) is 13.1 Å². The monoisotopic (exact) mass is 356 g/mol. The maximum absolute atomic E-state index is 10.6. The standard InChI is InChI=1S/C12H10.C6H10N4O4/c1-3-7-11(8-4-1)12-9-5-2-6-10-12;1-4(11)14-5-2-7-6(8-3-5)9-10(12)13/h1-10H;5H,2-3H2,1H3,(H2,7,8,9). The second kappa shape index (κ2) is 9.77. The lowest BCUT2D eigenvalue weighted by Crippen LogP contribution is -2.53. The maximum Gasteiger partial charge on any atom is 0.303 e. The minimum absolute atomic E-state index is 0.0819. The first-order chi connectivity index (χ1) is 12.5. The van der Waals surface area contributed by atoms with Crippen molar-refractivity contribution in [2.45, 2.75) is 13.0 Å². The molecule has 3 rings (SSSR count). The predicted molar refractivity (Wildman–Crippen MR) is 97.9 cm³/mol. The molecule has 1 aliphatic heterocycles. The van der Waals surface area contributed by atoms with Gasteiger partial charge in [0.25, 0.3) is 5.96 Å². The maximum atomic E-state index is 10.6. The van der Waals surface area contributed by atoms with Gasteiger partial charge in [0.1, 0.15) is 11.2 Å². The Morgan fingerprint density at radius 2 is 1.50 bits per heavy atom. The molecule has 0 spiro atoms. The fourth-order valence-electron chi connectivity index (χ4n) is 2.29. The van der Waals surface area contributed by atoms with E-state index in [2.05, 4.69) is 64.3 Å². The average Bonchev–Trinajstić information content (AvgIpc) is 2.65. The van der Waals surface area contributed by atoms with Crippen LogP contribution >= 0.6 is 0 Å². The van der Waals surface area contributed by atoms with Crippen molar-refractivity contribution in [3.8, 4) is 11.1 Å². The van der Waals surface area contributed by atoms with Gasteiger partial charge in [0.15, 0.2) is 5.03 Å². The van der Waals surface area contributed by atoms with Gasteiger partial charge in [-0.3, -0.25) is 4.79 Å². The highest BCUT2D eigenvalue weighted by Crippen LogP contribution is 2.17. The van der Waals surface area contributed by atoms with Crippen LogP contribution in [-0.4, -0.2) is 36.2 Å². The SMILES string of the molecule is CC(=O)OC1CNC(=N[N+](=O)[O-])NC1.c1ccc(-c2ccccc2)cc1. The molecule has 1 fully saturated rings. The van der Waals surface area contributed by atoms with E-state index < -0.39 is 5.03 Å². The van der Waals surface area contributed by atoms with Gasteiger partial charge in [-0.05, 0) is 11.1 Å². The Morgan fingerprint density at radius 3 is 1.88 bits per heavy atom.